The Balaban J connectivity index is 2.57. The smallest absolute Gasteiger partial charge is 0.228 e. The monoisotopic (exact) mass is 259 g/mol. The number of aliphatic hydroxyl groups is 1. The van der Waals surface area contributed by atoms with Gasteiger partial charge in [0, 0.05) is 19.7 Å². The molecule has 1 unspecified atom stereocenters. The zero-order valence-corrected chi connectivity index (χ0v) is 10.8. The van der Waals surface area contributed by atoms with Crippen LogP contribution in [0.2, 0.25) is 5.28 Å². The minimum Gasteiger partial charge on any atom is -0.396 e. The first-order valence-electron chi connectivity index (χ1n) is 5.65. The lowest BCUT2D eigenvalue weighted by atomic mass is 10.1. The highest BCUT2D eigenvalue weighted by Crippen LogP contribution is 2.10. The molecular weight excluding hydrogens is 242 g/mol. The molecule has 0 aromatic carbocycles. The zero-order chi connectivity index (χ0) is 12.7. The van der Waals surface area contributed by atoms with Crippen molar-refractivity contribution in [3.63, 3.8) is 0 Å². The Bertz CT molecular complexity index is 349. The van der Waals surface area contributed by atoms with Crippen molar-refractivity contribution in [1.82, 2.24) is 15.0 Å². The molecule has 7 heteroatoms. The van der Waals surface area contributed by atoms with Crippen molar-refractivity contribution in [2.75, 3.05) is 30.3 Å². The molecule has 1 rings (SSSR count). The Kier molecular flexibility index (Phi) is 5.93. The molecule has 1 aromatic rings. The first-order chi connectivity index (χ1) is 8.15. The molecule has 0 fully saturated rings. The highest BCUT2D eigenvalue weighted by molar-refractivity contribution is 6.28. The summed E-state index contributed by atoms with van der Waals surface area (Å²) in [7, 11) is 0. The summed E-state index contributed by atoms with van der Waals surface area (Å²) in [6.07, 6.45) is 0.742. The molecule has 0 aliphatic heterocycles. The van der Waals surface area contributed by atoms with E-state index in [1.807, 2.05) is 13.8 Å². The fourth-order valence-electron chi connectivity index (χ4n) is 1.25. The van der Waals surface area contributed by atoms with Crippen LogP contribution in [0.1, 0.15) is 20.3 Å². The maximum atomic E-state index is 8.79. The Hall–Kier alpha value is -1.14. The van der Waals surface area contributed by atoms with Crippen molar-refractivity contribution >= 4 is 23.5 Å². The van der Waals surface area contributed by atoms with Gasteiger partial charge in [0.1, 0.15) is 0 Å². The number of aromatic nitrogens is 3. The van der Waals surface area contributed by atoms with Crippen LogP contribution in [0.4, 0.5) is 11.9 Å². The molecule has 0 saturated heterocycles. The van der Waals surface area contributed by atoms with Crippen molar-refractivity contribution < 1.29 is 5.11 Å². The molecular formula is C10H18ClN5O. The SMILES string of the molecule is CCNc1nc(Cl)nc(NCC(C)CCO)n1. The van der Waals surface area contributed by atoms with Crippen LogP contribution in [0.25, 0.3) is 0 Å². The van der Waals surface area contributed by atoms with Crippen molar-refractivity contribution in [1.29, 1.82) is 0 Å². The third kappa shape index (κ3) is 5.14. The van der Waals surface area contributed by atoms with E-state index < -0.39 is 0 Å². The number of hydrogen-bond acceptors (Lipinski definition) is 6. The lowest BCUT2D eigenvalue weighted by Gasteiger charge is -2.11. The topological polar surface area (TPSA) is 83.0 Å². The predicted molar refractivity (Wildman–Crippen MR) is 68.4 cm³/mol. The van der Waals surface area contributed by atoms with Crippen molar-refractivity contribution in [3.05, 3.63) is 5.28 Å². The third-order valence-electron chi connectivity index (χ3n) is 2.17. The maximum absolute atomic E-state index is 8.79. The lowest BCUT2D eigenvalue weighted by Crippen LogP contribution is -2.15. The summed E-state index contributed by atoms with van der Waals surface area (Å²) in [5.74, 6) is 1.26. The summed E-state index contributed by atoms with van der Waals surface area (Å²) < 4.78 is 0. The maximum Gasteiger partial charge on any atom is 0.228 e. The molecule has 0 spiro atoms. The summed E-state index contributed by atoms with van der Waals surface area (Å²) in [6, 6.07) is 0. The van der Waals surface area contributed by atoms with E-state index in [0.29, 0.717) is 24.4 Å². The summed E-state index contributed by atoms with van der Waals surface area (Å²) in [6.45, 7) is 5.59. The van der Waals surface area contributed by atoms with E-state index in [2.05, 4.69) is 25.6 Å². The van der Waals surface area contributed by atoms with Crippen LogP contribution in [0.15, 0.2) is 0 Å². The van der Waals surface area contributed by atoms with Gasteiger partial charge in [0.15, 0.2) is 0 Å². The number of anilines is 2. The number of halogens is 1. The zero-order valence-electron chi connectivity index (χ0n) is 10.1. The fraction of sp³-hybridized carbons (Fsp3) is 0.700. The van der Waals surface area contributed by atoms with Gasteiger partial charge in [-0.2, -0.15) is 15.0 Å². The largest absolute Gasteiger partial charge is 0.396 e. The molecule has 0 aliphatic rings. The van der Waals surface area contributed by atoms with Crippen LogP contribution in [0.3, 0.4) is 0 Å². The molecule has 17 heavy (non-hydrogen) atoms. The summed E-state index contributed by atoms with van der Waals surface area (Å²) in [5, 5.41) is 15.0. The highest BCUT2D eigenvalue weighted by Gasteiger charge is 2.06. The van der Waals surface area contributed by atoms with Gasteiger partial charge < -0.3 is 15.7 Å². The van der Waals surface area contributed by atoms with E-state index in [0.717, 1.165) is 13.0 Å². The van der Waals surface area contributed by atoms with E-state index in [1.54, 1.807) is 0 Å². The van der Waals surface area contributed by atoms with Gasteiger partial charge in [-0.25, -0.2) is 0 Å². The van der Waals surface area contributed by atoms with Crippen molar-refractivity contribution in [2.45, 2.75) is 20.3 Å². The standard InChI is InChI=1S/C10H18ClN5O/c1-3-12-9-14-8(11)15-10(16-9)13-6-7(2)4-5-17/h7,17H,3-6H2,1-2H3,(H2,12,13,14,15,16). The summed E-state index contributed by atoms with van der Waals surface area (Å²) in [4.78, 5) is 12.1. The second-order valence-electron chi connectivity index (χ2n) is 3.78. The average molecular weight is 260 g/mol. The van der Waals surface area contributed by atoms with Crippen LogP contribution >= 0.6 is 11.6 Å². The van der Waals surface area contributed by atoms with Gasteiger partial charge in [0.2, 0.25) is 17.2 Å². The molecule has 0 radical (unpaired) electrons. The Morgan fingerprint density at radius 3 is 2.47 bits per heavy atom. The van der Waals surface area contributed by atoms with Crippen LogP contribution in [-0.2, 0) is 0 Å². The average Bonchev–Trinajstić information content (AvgIpc) is 2.26. The predicted octanol–water partition coefficient (Wildman–Crippen LogP) is 1.39. The number of nitrogens with one attached hydrogen (secondary N) is 2. The minimum absolute atomic E-state index is 0.160. The van der Waals surface area contributed by atoms with E-state index in [4.69, 9.17) is 16.7 Å². The molecule has 1 atom stereocenters. The second-order valence-corrected chi connectivity index (χ2v) is 4.12. The molecule has 0 aliphatic carbocycles. The van der Waals surface area contributed by atoms with Gasteiger partial charge in [0.05, 0.1) is 0 Å². The number of hydrogen-bond donors (Lipinski definition) is 3. The van der Waals surface area contributed by atoms with E-state index in [1.165, 1.54) is 0 Å². The van der Waals surface area contributed by atoms with Crippen LogP contribution < -0.4 is 10.6 Å². The van der Waals surface area contributed by atoms with E-state index in [-0.39, 0.29) is 11.9 Å². The first kappa shape index (κ1) is 13.9. The van der Waals surface area contributed by atoms with Gasteiger partial charge in [0.25, 0.3) is 0 Å². The molecule has 0 saturated carbocycles. The minimum atomic E-state index is 0.160. The number of aliphatic hydroxyl groups excluding tert-OH is 1. The first-order valence-corrected chi connectivity index (χ1v) is 6.03. The van der Waals surface area contributed by atoms with Gasteiger partial charge >= 0.3 is 0 Å². The Labute approximate surface area is 106 Å². The fourth-order valence-corrected chi connectivity index (χ4v) is 1.41. The van der Waals surface area contributed by atoms with Crippen molar-refractivity contribution in [2.24, 2.45) is 5.92 Å². The lowest BCUT2D eigenvalue weighted by molar-refractivity contribution is 0.265. The highest BCUT2D eigenvalue weighted by atomic mass is 35.5. The summed E-state index contributed by atoms with van der Waals surface area (Å²) >= 11 is 5.78. The molecule has 1 aromatic heterocycles. The Morgan fingerprint density at radius 2 is 1.88 bits per heavy atom. The Morgan fingerprint density at radius 1 is 1.24 bits per heavy atom. The molecule has 96 valence electrons. The van der Waals surface area contributed by atoms with Gasteiger partial charge in [-0.1, -0.05) is 6.92 Å². The summed E-state index contributed by atoms with van der Waals surface area (Å²) in [5.41, 5.74) is 0. The molecule has 6 nitrogen and oxygen atoms in total. The van der Waals surface area contributed by atoms with Crippen LogP contribution in [0, 0.1) is 5.92 Å². The van der Waals surface area contributed by atoms with Crippen LogP contribution in [-0.4, -0.2) is 39.8 Å². The second kappa shape index (κ2) is 7.24. The van der Waals surface area contributed by atoms with Gasteiger partial charge in [-0.15, -0.1) is 0 Å². The van der Waals surface area contributed by atoms with E-state index in [9.17, 15) is 0 Å². The normalized spacial score (nSPS) is 12.2. The third-order valence-corrected chi connectivity index (χ3v) is 2.34. The number of nitrogens with zero attached hydrogens (tertiary/aromatic N) is 3. The molecule has 1 heterocycles. The van der Waals surface area contributed by atoms with Crippen molar-refractivity contribution in [3.8, 4) is 0 Å². The molecule has 3 N–H and O–H groups in total. The van der Waals surface area contributed by atoms with Gasteiger partial charge in [-0.3, -0.25) is 0 Å². The quantitative estimate of drug-likeness (QED) is 0.686. The molecule has 0 bridgehead atoms. The van der Waals surface area contributed by atoms with E-state index >= 15 is 0 Å². The number of rotatable bonds is 7. The molecule has 0 amide bonds. The van der Waals surface area contributed by atoms with Crippen LogP contribution in [0.5, 0.6) is 0 Å². The van der Waals surface area contributed by atoms with Gasteiger partial charge in [-0.05, 0) is 30.9 Å².